The molecule has 0 aromatic rings. The molecule has 0 bridgehead atoms. The first kappa shape index (κ1) is 7.61. The Balaban J connectivity index is 3.02. The van der Waals surface area contributed by atoms with E-state index in [1.165, 1.54) is 0 Å². The Morgan fingerprint density at radius 1 is 0.800 bits per heavy atom. The second-order valence-corrected chi connectivity index (χ2v) is 77.3. The molecule has 0 aromatic carbocycles. The molecular formula is Br4W. The van der Waals surface area contributed by atoms with Crippen LogP contribution in [0.1, 0.15) is 0 Å². The molecule has 0 saturated heterocycles. The Morgan fingerprint density at radius 2 is 0.800 bits per heavy atom. The molecule has 0 heterocycles. The fourth-order valence-corrected chi connectivity index (χ4v) is 0. The number of hydrogen-bond donors (Lipinski definition) is 0. The fraction of sp³-hybridized carbons (Fsp3) is 0. The van der Waals surface area contributed by atoms with Gasteiger partial charge in [0.05, 0.1) is 0 Å². The summed E-state index contributed by atoms with van der Waals surface area (Å²) in [6.07, 6.45) is 0. The molecule has 0 spiro atoms. The Bertz CT molecular complexity index is 19.1. The quantitative estimate of drug-likeness (QED) is 0.476. The van der Waals surface area contributed by atoms with Crippen molar-refractivity contribution >= 4 is 53.2 Å². The van der Waals surface area contributed by atoms with E-state index in [9.17, 15) is 0 Å². The molecule has 0 nitrogen and oxygen atoms in total. The van der Waals surface area contributed by atoms with Gasteiger partial charge in [0.2, 0.25) is 0 Å². The van der Waals surface area contributed by atoms with Gasteiger partial charge in [-0.05, 0) is 0 Å². The zero-order valence-electron chi connectivity index (χ0n) is 1.92. The van der Waals surface area contributed by atoms with Gasteiger partial charge in [-0.2, -0.15) is 0 Å². The molecule has 5 heavy (non-hydrogen) atoms. The van der Waals surface area contributed by atoms with E-state index in [2.05, 4.69) is 53.2 Å². The van der Waals surface area contributed by atoms with Crippen molar-refractivity contribution in [3.63, 3.8) is 0 Å². The number of rotatable bonds is 0. The molecule has 0 amide bonds. The second kappa shape index (κ2) is 2.80. The predicted octanol–water partition coefficient (Wildman–Crippen LogP) is 3.38. The van der Waals surface area contributed by atoms with Crippen molar-refractivity contribution in [2.75, 3.05) is 0 Å². The minimum absolute atomic E-state index is 1.92. The van der Waals surface area contributed by atoms with Crippen LogP contribution in [-0.2, 0) is 7.84 Å². The minimum atomic E-state index is -1.92. The molecule has 0 radical (unpaired) electrons. The van der Waals surface area contributed by atoms with Crippen molar-refractivity contribution in [2.24, 2.45) is 0 Å². The second-order valence-electron chi connectivity index (χ2n) is 0.350. The van der Waals surface area contributed by atoms with E-state index in [-0.39, 0.29) is 0 Å². The molecule has 0 saturated carbocycles. The van der Waals surface area contributed by atoms with E-state index >= 15 is 0 Å². The van der Waals surface area contributed by atoms with Gasteiger partial charge < -0.3 is 0 Å². The summed E-state index contributed by atoms with van der Waals surface area (Å²) in [6, 6.07) is 0. The van der Waals surface area contributed by atoms with Gasteiger partial charge in [-0.25, -0.2) is 0 Å². The molecule has 0 rings (SSSR count). The summed E-state index contributed by atoms with van der Waals surface area (Å²) in [7, 11) is -1.92. The third-order valence-electron chi connectivity index (χ3n) is 0. The van der Waals surface area contributed by atoms with Gasteiger partial charge in [0.15, 0.2) is 0 Å². The van der Waals surface area contributed by atoms with E-state index < -0.39 is 7.84 Å². The summed E-state index contributed by atoms with van der Waals surface area (Å²) in [4.78, 5) is 0. The summed E-state index contributed by atoms with van der Waals surface area (Å²) in [5.41, 5.74) is 0. The summed E-state index contributed by atoms with van der Waals surface area (Å²) in [6.45, 7) is 0. The summed E-state index contributed by atoms with van der Waals surface area (Å²) >= 11 is 13.3. The van der Waals surface area contributed by atoms with Crippen LogP contribution in [0.3, 0.4) is 0 Å². The normalized spacial score (nSPS) is 15.2. The first-order chi connectivity index (χ1) is 2.00. The molecule has 0 fully saturated rings. The molecule has 5 heteroatoms. The third-order valence-corrected chi connectivity index (χ3v) is 0. The first-order valence-corrected chi connectivity index (χ1v) is 26.3. The zero-order chi connectivity index (χ0) is 4.50. The average molecular weight is 503 g/mol. The van der Waals surface area contributed by atoms with Crippen LogP contribution in [0.25, 0.3) is 0 Å². The Labute approximate surface area is 59.8 Å². The van der Waals surface area contributed by atoms with Crippen LogP contribution < -0.4 is 0 Å². The van der Waals surface area contributed by atoms with Crippen molar-refractivity contribution in [3.05, 3.63) is 0 Å². The molecule has 0 aliphatic heterocycles. The van der Waals surface area contributed by atoms with E-state index in [0.29, 0.717) is 0 Å². The van der Waals surface area contributed by atoms with Crippen LogP contribution in [0.2, 0.25) is 0 Å². The van der Waals surface area contributed by atoms with Crippen LogP contribution in [0.15, 0.2) is 0 Å². The van der Waals surface area contributed by atoms with Crippen LogP contribution >= 0.6 is 53.2 Å². The Hall–Kier alpha value is 2.61. The Morgan fingerprint density at radius 3 is 0.800 bits per heavy atom. The average Bonchev–Trinajstić information content (AvgIpc) is 0.722. The van der Waals surface area contributed by atoms with Crippen LogP contribution in [0.5, 0.6) is 0 Å². The van der Waals surface area contributed by atoms with Crippen LogP contribution in [0.4, 0.5) is 0 Å². The van der Waals surface area contributed by atoms with Crippen molar-refractivity contribution < 1.29 is 7.84 Å². The monoisotopic (exact) mass is 500 g/mol. The maximum atomic E-state index is 3.33. The van der Waals surface area contributed by atoms with E-state index in [4.69, 9.17) is 0 Å². The van der Waals surface area contributed by atoms with Crippen molar-refractivity contribution in [2.45, 2.75) is 0 Å². The topological polar surface area (TPSA) is 0 Å². The summed E-state index contributed by atoms with van der Waals surface area (Å²) in [5, 5.41) is 0. The van der Waals surface area contributed by atoms with Crippen molar-refractivity contribution in [1.29, 1.82) is 0 Å². The molecule has 0 unspecified atom stereocenters. The molecular weight excluding hydrogens is 503 g/mol. The zero-order valence-corrected chi connectivity index (χ0v) is 11.2. The predicted molar refractivity (Wildman–Crippen MR) is 35.7 cm³/mol. The maximum absolute atomic E-state index is 3.33. The molecule has 34 valence electrons. The Kier molecular flexibility index (Phi) is 4.27. The molecule has 0 N–H and O–H groups in total. The molecule has 0 aliphatic carbocycles. The SMILES string of the molecule is [Br][W]([Br])([Br])[Br]. The van der Waals surface area contributed by atoms with E-state index in [1.54, 1.807) is 0 Å². The van der Waals surface area contributed by atoms with Crippen LogP contribution in [-0.4, -0.2) is 0 Å². The number of halogens is 4. The van der Waals surface area contributed by atoms with Crippen molar-refractivity contribution in [3.8, 4) is 0 Å². The van der Waals surface area contributed by atoms with Crippen molar-refractivity contribution in [1.82, 2.24) is 0 Å². The van der Waals surface area contributed by atoms with Gasteiger partial charge in [0.1, 0.15) is 0 Å². The summed E-state index contributed by atoms with van der Waals surface area (Å²) < 4.78 is 0. The number of hydrogen-bond acceptors (Lipinski definition) is 0. The van der Waals surface area contributed by atoms with Crippen LogP contribution in [0, 0.1) is 0 Å². The third kappa shape index (κ3) is 20.6. The molecule has 0 aliphatic rings. The van der Waals surface area contributed by atoms with Gasteiger partial charge in [-0.1, -0.05) is 0 Å². The first-order valence-electron chi connectivity index (χ1n) is 0.617. The summed E-state index contributed by atoms with van der Waals surface area (Å²) in [5.74, 6) is 0. The van der Waals surface area contributed by atoms with E-state index in [0.717, 1.165) is 0 Å². The fourth-order valence-electron chi connectivity index (χ4n) is 0. The molecule has 0 aromatic heterocycles. The van der Waals surface area contributed by atoms with Gasteiger partial charge >= 0.3 is 61.0 Å². The van der Waals surface area contributed by atoms with Gasteiger partial charge in [0, 0.05) is 0 Å². The van der Waals surface area contributed by atoms with Gasteiger partial charge in [-0.15, -0.1) is 0 Å². The van der Waals surface area contributed by atoms with Gasteiger partial charge in [0.25, 0.3) is 0 Å². The van der Waals surface area contributed by atoms with E-state index in [1.807, 2.05) is 0 Å². The molecule has 0 atom stereocenters. The van der Waals surface area contributed by atoms with Gasteiger partial charge in [-0.3, -0.25) is 0 Å². The standard InChI is InChI=1S/4BrH.W/h4*1H;/q;;;;+4/p-4.